The lowest BCUT2D eigenvalue weighted by molar-refractivity contribution is -0.384. The Morgan fingerprint density at radius 1 is 0.833 bits per heavy atom. The van der Waals surface area contributed by atoms with Crippen molar-refractivity contribution in [1.82, 2.24) is 4.31 Å². The van der Waals surface area contributed by atoms with Crippen molar-refractivity contribution in [3.8, 4) is 0 Å². The average Bonchev–Trinajstić information content (AvgIpc) is 2.88. The van der Waals surface area contributed by atoms with Gasteiger partial charge in [-0.1, -0.05) is 48.5 Å². The lowest BCUT2D eigenvalue weighted by Gasteiger charge is -2.34. The Morgan fingerprint density at radius 3 is 2.06 bits per heavy atom. The van der Waals surface area contributed by atoms with Crippen molar-refractivity contribution in [2.45, 2.75) is 4.90 Å². The van der Waals surface area contributed by atoms with Crippen LogP contribution >= 0.6 is 0 Å². The van der Waals surface area contributed by atoms with Gasteiger partial charge in [-0.05, 0) is 35.9 Å². The van der Waals surface area contributed by atoms with Gasteiger partial charge in [0.15, 0.2) is 0 Å². The Kier molecular flexibility index (Phi) is 7.38. The van der Waals surface area contributed by atoms with E-state index < -0.39 is 25.0 Å². The fourth-order valence-electron chi connectivity index (χ4n) is 3.80. The molecule has 1 heterocycles. The van der Waals surface area contributed by atoms with Gasteiger partial charge in [0.1, 0.15) is 5.69 Å². The summed E-state index contributed by atoms with van der Waals surface area (Å²) in [5, 5.41) is 12.9. The smallest absolute Gasteiger partial charge is 0.293 e. The maximum atomic E-state index is 12.8. The summed E-state index contributed by atoms with van der Waals surface area (Å²) in [7, 11) is -7.71. The summed E-state index contributed by atoms with van der Waals surface area (Å²) in [6, 6.07) is 21.0. The third kappa shape index (κ3) is 5.90. The Hall–Kier alpha value is -3.74. The number of sulfonamides is 2. The fraction of sp³-hybridized carbons (Fsp3) is 0.167. The van der Waals surface area contributed by atoms with Crippen molar-refractivity contribution in [3.63, 3.8) is 0 Å². The number of nitrogens with zero attached hydrogens (tertiary/aromatic N) is 3. The van der Waals surface area contributed by atoms with E-state index in [9.17, 15) is 26.9 Å². The van der Waals surface area contributed by atoms with E-state index in [2.05, 4.69) is 4.72 Å². The van der Waals surface area contributed by atoms with E-state index in [0.29, 0.717) is 5.69 Å². The zero-order valence-electron chi connectivity index (χ0n) is 19.1. The quantitative estimate of drug-likeness (QED) is 0.350. The van der Waals surface area contributed by atoms with Crippen LogP contribution < -0.4 is 9.62 Å². The Morgan fingerprint density at radius 2 is 1.44 bits per heavy atom. The van der Waals surface area contributed by atoms with Gasteiger partial charge in [0, 0.05) is 43.3 Å². The molecule has 0 unspecified atom stereocenters. The third-order valence-corrected chi connectivity index (χ3v) is 8.60. The summed E-state index contributed by atoms with van der Waals surface area (Å²) in [6.07, 6.45) is 1.52. The lowest BCUT2D eigenvalue weighted by atomic mass is 10.2. The zero-order chi connectivity index (χ0) is 25.8. The first-order chi connectivity index (χ1) is 17.2. The van der Waals surface area contributed by atoms with Crippen molar-refractivity contribution >= 4 is 43.2 Å². The molecule has 1 aliphatic rings. The molecule has 0 atom stereocenters. The van der Waals surface area contributed by atoms with Crippen molar-refractivity contribution < 1.29 is 21.8 Å². The van der Waals surface area contributed by atoms with E-state index >= 15 is 0 Å². The lowest BCUT2D eigenvalue weighted by Crippen LogP contribution is -2.48. The first-order valence-corrected chi connectivity index (χ1v) is 14.0. The molecule has 0 saturated carbocycles. The number of anilines is 2. The molecule has 188 valence electrons. The molecule has 3 aromatic carbocycles. The molecule has 0 bridgehead atoms. The fourth-order valence-corrected chi connectivity index (χ4v) is 6.05. The molecule has 0 aliphatic carbocycles. The Balaban J connectivity index is 1.49. The predicted octanol–water partition coefficient (Wildman–Crippen LogP) is 3.52. The van der Waals surface area contributed by atoms with Crippen molar-refractivity contribution in [2.75, 3.05) is 35.8 Å². The van der Waals surface area contributed by atoms with Crippen LogP contribution in [0.5, 0.6) is 0 Å². The van der Waals surface area contributed by atoms with Crippen molar-refractivity contribution in [1.29, 1.82) is 0 Å². The van der Waals surface area contributed by atoms with Crippen molar-refractivity contribution in [3.05, 3.63) is 99.9 Å². The number of hydrogen-bond acceptors (Lipinski definition) is 7. The second-order valence-electron chi connectivity index (χ2n) is 8.02. The molecule has 36 heavy (non-hydrogen) atoms. The predicted molar refractivity (Wildman–Crippen MR) is 139 cm³/mol. The van der Waals surface area contributed by atoms with Gasteiger partial charge < -0.3 is 4.90 Å². The second kappa shape index (κ2) is 10.5. The van der Waals surface area contributed by atoms with Crippen molar-refractivity contribution in [2.24, 2.45) is 0 Å². The normalized spacial score (nSPS) is 15.2. The molecule has 0 radical (unpaired) electrons. The van der Waals surface area contributed by atoms with Gasteiger partial charge in [0.2, 0.25) is 10.0 Å². The molecule has 1 saturated heterocycles. The summed E-state index contributed by atoms with van der Waals surface area (Å²) < 4.78 is 54.7. The zero-order valence-corrected chi connectivity index (χ0v) is 20.7. The molecule has 1 N–H and O–H groups in total. The van der Waals surface area contributed by atoms with E-state index in [1.165, 1.54) is 22.5 Å². The molecule has 0 spiro atoms. The van der Waals surface area contributed by atoms with E-state index in [1.54, 1.807) is 47.4 Å². The number of hydrogen-bond donors (Lipinski definition) is 1. The second-order valence-corrected chi connectivity index (χ2v) is 11.5. The van der Waals surface area contributed by atoms with Gasteiger partial charge in [-0.2, -0.15) is 4.31 Å². The van der Waals surface area contributed by atoms with Crippen LogP contribution in [0.15, 0.2) is 89.2 Å². The maximum Gasteiger partial charge on any atom is 0.293 e. The van der Waals surface area contributed by atoms with E-state index in [4.69, 9.17) is 0 Å². The minimum atomic E-state index is -4.04. The molecule has 1 fully saturated rings. The highest BCUT2D eigenvalue weighted by Gasteiger charge is 2.29. The first kappa shape index (κ1) is 25.4. The number of benzene rings is 3. The van der Waals surface area contributed by atoms with Crippen LogP contribution in [0.1, 0.15) is 5.56 Å². The molecular weight excluding hydrogens is 504 g/mol. The highest BCUT2D eigenvalue weighted by Crippen LogP contribution is 2.32. The number of rotatable bonds is 8. The molecule has 0 aromatic heterocycles. The topological polar surface area (TPSA) is 130 Å². The molecule has 1 aliphatic heterocycles. The maximum absolute atomic E-state index is 12.8. The highest BCUT2D eigenvalue weighted by atomic mass is 32.2. The first-order valence-electron chi connectivity index (χ1n) is 11.0. The standard InChI is InChI=1S/C24H24N4O6S2/c29-28(30)24-19-22(36(33,34)25-21-9-5-2-6-10-21)11-12-23(24)26-14-16-27(17-15-26)35(31,32)18-13-20-7-3-1-4-8-20/h1-13,18-19,25H,14-17H2/b18-13+. The van der Waals surface area contributed by atoms with Gasteiger partial charge in [0.05, 0.1) is 9.82 Å². The number of para-hydroxylation sites is 1. The number of nitrogens with one attached hydrogen (secondary N) is 1. The summed E-state index contributed by atoms with van der Waals surface area (Å²) in [5.74, 6) is 0. The van der Waals surface area contributed by atoms with E-state index in [0.717, 1.165) is 17.0 Å². The number of nitro benzene ring substituents is 1. The van der Waals surface area contributed by atoms with Crippen LogP contribution in [0.3, 0.4) is 0 Å². The Labute approximate surface area is 209 Å². The minimum absolute atomic E-state index is 0.133. The monoisotopic (exact) mass is 528 g/mol. The SMILES string of the molecule is O=[N+]([O-])c1cc(S(=O)(=O)Nc2ccccc2)ccc1N1CCN(S(=O)(=O)/C=C/c2ccccc2)CC1. The Bertz CT molecular complexity index is 1470. The molecule has 12 heteroatoms. The van der Waals surface area contributed by atoms with E-state index in [1.807, 2.05) is 18.2 Å². The van der Waals surface area contributed by atoms with Gasteiger partial charge in [-0.3, -0.25) is 14.8 Å². The minimum Gasteiger partial charge on any atom is -0.363 e. The van der Waals surface area contributed by atoms with Gasteiger partial charge in [0.25, 0.3) is 15.7 Å². The molecule has 10 nitrogen and oxygen atoms in total. The molecule has 3 aromatic rings. The molecular formula is C24H24N4O6S2. The number of piperazine rings is 1. The summed E-state index contributed by atoms with van der Waals surface area (Å²) in [6.45, 7) is 0.698. The van der Waals surface area contributed by atoms with Crippen LogP contribution in [0.2, 0.25) is 0 Å². The summed E-state index contributed by atoms with van der Waals surface area (Å²) in [5.41, 5.74) is 0.955. The summed E-state index contributed by atoms with van der Waals surface area (Å²) >= 11 is 0. The number of nitro groups is 1. The van der Waals surface area contributed by atoms with Gasteiger partial charge in [-0.25, -0.2) is 16.8 Å². The molecule has 0 amide bonds. The summed E-state index contributed by atoms with van der Waals surface area (Å²) in [4.78, 5) is 12.6. The van der Waals surface area contributed by atoms with Gasteiger partial charge >= 0.3 is 0 Å². The largest absolute Gasteiger partial charge is 0.363 e. The van der Waals surface area contributed by atoms with Crippen LogP contribution in [0.25, 0.3) is 6.08 Å². The van der Waals surface area contributed by atoms with Crippen LogP contribution in [0, 0.1) is 10.1 Å². The van der Waals surface area contributed by atoms with Gasteiger partial charge in [-0.15, -0.1) is 0 Å². The third-order valence-electron chi connectivity index (χ3n) is 5.65. The van der Waals surface area contributed by atoms with Crippen LogP contribution in [0.4, 0.5) is 17.1 Å². The van der Waals surface area contributed by atoms with Crippen LogP contribution in [-0.2, 0) is 20.0 Å². The van der Waals surface area contributed by atoms with E-state index in [-0.39, 0.29) is 42.4 Å². The highest BCUT2D eigenvalue weighted by molar-refractivity contribution is 7.92. The molecule has 4 rings (SSSR count). The average molecular weight is 529 g/mol. The van der Waals surface area contributed by atoms with Crippen LogP contribution in [-0.4, -0.2) is 52.2 Å².